The Bertz CT molecular complexity index is 1510. The van der Waals surface area contributed by atoms with Crippen molar-refractivity contribution in [1.29, 1.82) is 0 Å². The van der Waals surface area contributed by atoms with E-state index in [0.717, 1.165) is 54.0 Å². The maximum atomic E-state index is 6.26. The second kappa shape index (κ2) is 14.6. The molecule has 0 saturated heterocycles. The minimum Gasteiger partial charge on any atom is -1.00 e. The van der Waals surface area contributed by atoms with E-state index in [0.29, 0.717) is 30.5 Å². The molecule has 42 heavy (non-hydrogen) atoms. The summed E-state index contributed by atoms with van der Waals surface area (Å²) < 4.78 is 31.9. The molecule has 0 N–H and O–H groups in total. The number of aryl methyl sites for hydroxylation is 1. The van der Waals surface area contributed by atoms with E-state index in [9.17, 15) is 0 Å². The molecule has 0 saturated carbocycles. The molecular formula is C35H38ClNO5. The van der Waals surface area contributed by atoms with Crippen LogP contribution in [0.3, 0.4) is 0 Å². The summed E-state index contributed by atoms with van der Waals surface area (Å²) >= 11 is 0. The van der Waals surface area contributed by atoms with Crippen LogP contribution in [0.1, 0.15) is 34.2 Å². The topological polar surface area (TPSA) is 49.2 Å². The second-order valence-corrected chi connectivity index (χ2v) is 10.2. The summed E-state index contributed by atoms with van der Waals surface area (Å²) in [5.74, 6) is 3.47. The van der Waals surface area contributed by atoms with Crippen LogP contribution in [0.4, 0.5) is 0 Å². The van der Waals surface area contributed by atoms with Crippen LogP contribution in [0.5, 0.6) is 28.7 Å². The van der Waals surface area contributed by atoms with Crippen molar-refractivity contribution in [2.75, 3.05) is 34.9 Å². The highest BCUT2D eigenvalue weighted by Crippen LogP contribution is 2.40. The number of fused-ring (bicyclic) bond motifs is 1. The maximum Gasteiger partial charge on any atom is 0.203 e. The third kappa shape index (κ3) is 7.18. The number of hydrogen-bond donors (Lipinski definition) is 0. The third-order valence-electron chi connectivity index (χ3n) is 7.51. The smallest absolute Gasteiger partial charge is 0.203 e. The van der Waals surface area contributed by atoms with Crippen molar-refractivity contribution >= 4 is 5.71 Å². The van der Waals surface area contributed by atoms with Crippen molar-refractivity contribution < 1.29 is 40.7 Å². The minimum atomic E-state index is 0. The molecule has 5 rings (SSSR count). The predicted octanol–water partition coefficient (Wildman–Crippen LogP) is 3.49. The van der Waals surface area contributed by atoms with Crippen molar-refractivity contribution in [3.63, 3.8) is 0 Å². The van der Waals surface area contributed by atoms with Crippen LogP contribution in [0.15, 0.2) is 84.9 Å². The van der Waals surface area contributed by atoms with Crippen LogP contribution in [-0.2, 0) is 26.1 Å². The van der Waals surface area contributed by atoms with Gasteiger partial charge in [0.2, 0.25) is 5.75 Å². The fourth-order valence-electron chi connectivity index (χ4n) is 5.27. The highest BCUT2D eigenvalue weighted by molar-refractivity contribution is 5.99. The Morgan fingerprint density at radius 1 is 0.667 bits per heavy atom. The Kier molecular flexibility index (Phi) is 10.7. The lowest BCUT2D eigenvalue weighted by molar-refractivity contribution is -0.499. The SMILES string of the molecule is COc1cc2c(cc1OCc1ccccc1)C([14CH2]Cc1cc(OC)c(OC)c(OCc3ccccc3)c1)=[N+](C)CC2.[Cl-]. The predicted molar refractivity (Wildman–Crippen MR) is 161 cm³/mol. The van der Waals surface area contributed by atoms with Gasteiger partial charge in [-0.1, -0.05) is 60.7 Å². The van der Waals surface area contributed by atoms with E-state index in [2.05, 4.69) is 42.0 Å². The average molecular weight is 590 g/mol. The van der Waals surface area contributed by atoms with E-state index in [1.807, 2.05) is 54.6 Å². The van der Waals surface area contributed by atoms with Crippen molar-refractivity contribution in [3.05, 3.63) is 113 Å². The van der Waals surface area contributed by atoms with E-state index >= 15 is 0 Å². The molecule has 0 aliphatic carbocycles. The molecule has 4 aromatic carbocycles. The largest absolute Gasteiger partial charge is 1.00 e. The van der Waals surface area contributed by atoms with E-state index < -0.39 is 0 Å². The standard InChI is InChI=1S/C35H38NO5.ClH/c1-36-18-17-28-21-31(37-2)32(40-23-25-11-7-5-8-12-25)22-29(28)30(36)16-15-27-19-33(38-3)35(39-4)34(20-27)41-24-26-13-9-6-10-14-26;/h5-14,19-22H,15-18,23-24H2,1-4H3;1H/q+1;/p-1/i16+2;. The van der Waals surface area contributed by atoms with E-state index in [1.54, 1.807) is 21.3 Å². The van der Waals surface area contributed by atoms with Gasteiger partial charge in [0.15, 0.2) is 28.7 Å². The Morgan fingerprint density at radius 3 is 1.86 bits per heavy atom. The maximum absolute atomic E-state index is 6.26. The fraction of sp³-hybridized carbons (Fsp3) is 0.286. The summed E-state index contributed by atoms with van der Waals surface area (Å²) in [6, 6.07) is 28.7. The van der Waals surface area contributed by atoms with Crippen LogP contribution >= 0.6 is 0 Å². The van der Waals surface area contributed by atoms with Gasteiger partial charge < -0.3 is 36.1 Å². The molecule has 7 heteroatoms. The van der Waals surface area contributed by atoms with Crippen LogP contribution in [0.2, 0.25) is 0 Å². The number of ether oxygens (including phenoxy) is 5. The molecule has 0 aromatic heterocycles. The molecule has 0 spiro atoms. The lowest BCUT2D eigenvalue weighted by Gasteiger charge is -2.20. The van der Waals surface area contributed by atoms with Gasteiger partial charge in [0.1, 0.15) is 26.8 Å². The van der Waals surface area contributed by atoms with Gasteiger partial charge >= 0.3 is 0 Å². The summed E-state index contributed by atoms with van der Waals surface area (Å²) in [6.07, 6.45) is 2.62. The molecule has 0 unspecified atom stereocenters. The fourth-order valence-corrected chi connectivity index (χ4v) is 5.27. The van der Waals surface area contributed by atoms with Crippen molar-refractivity contribution in [3.8, 4) is 28.7 Å². The van der Waals surface area contributed by atoms with Gasteiger partial charge in [0.05, 0.1) is 21.3 Å². The molecule has 6 nitrogen and oxygen atoms in total. The van der Waals surface area contributed by atoms with Crippen LogP contribution in [-0.4, -0.2) is 45.2 Å². The van der Waals surface area contributed by atoms with Gasteiger partial charge in [-0.2, -0.15) is 0 Å². The number of likely N-dealkylation sites (N-methyl/N-ethyl adjacent to an activating group) is 1. The first-order valence-corrected chi connectivity index (χ1v) is 14.0. The van der Waals surface area contributed by atoms with Crippen molar-refractivity contribution in [2.24, 2.45) is 0 Å². The highest BCUT2D eigenvalue weighted by atomic mass is 35.5. The van der Waals surface area contributed by atoms with Gasteiger partial charge in [0.25, 0.3) is 0 Å². The summed E-state index contributed by atoms with van der Waals surface area (Å²) in [7, 11) is 7.16. The number of benzene rings is 4. The zero-order valence-electron chi connectivity index (χ0n) is 24.7. The number of rotatable bonds is 12. The van der Waals surface area contributed by atoms with E-state index in [1.165, 1.54) is 16.8 Å². The molecule has 220 valence electrons. The first-order valence-electron chi connectivity index (χ1n) is 14.0. The quantitative estimate of drug-likeness (QED) is 0.237. The molecule has 4 aromatic rings. The zero-order valence-corrected chi connectivity index (χ0v) is 25.4. The van der Waals surface area contributed by atoms with Gasteiger partial charge in [-0.15, -0.1) is 0 Å². The zero-order chi connectivity index (χ0) is 28.6. The molecular weight excluding hydrogens is 552 g/mol. The molecule has 1 heterocycles. The van der Waals surface area contributed by atoms with E-state index in [4.69, 9.17) is 23.7 Å². The Balaban J connectivity index is 0.00000405. The third-order valence-corrected chi connectivity index (χ3v) is 7.51. The Hall–Kier alpha value is -4.16. The van der Waals surface area contributed by atoms with Gasteiger partial charge in [-0.3, -0.25) is 0 Å². The average Bonchev–Trinajstić information content (AvgIpc) is 3.02. The van der Waals surface area contributed by atoms with E-state index in [-0.39, 0.29) is 12.4 Å². The van der Waals surface area contributed by atoms with Gasteiger partial charge in [-0.05, 0) is 52.9 Å². The molecule has 1 aliphatic heterocycles. The summed E-state index contributed by atoms with van der Waals surface area (Å²) in [5, 5.41) is 0. The number of methoxy groups -OCH3 is 3. The monoisotopic (exact) mass is 589 g/mol. The highest BCUT2D eigenvalue weighted by Gasteiger charge is 2.26. The van der Waals surface area contributed by atoms with Crippen LogP contribution < -0.4 is 36.1 Å². The normalized spacial score (nSPS) is 12.2. The Labute approximate surface area is 254 Å². The molecule has 0 bridgehead atoms. The van der Waals surface area contributed by atoms with Crippen molar-refractivity contribution in [1.82, 2.24) is 0 Å². The number of nitrogens with zero attached hydrogens (tertiary/aromatic N) is 1. The minimum absolute atomic E-state index is 0. The first-order chi connectivity index (χ1) is 20.1. The second-order valence-electron chi connectivity index (χ2n) is 10.2. The van der Waals surface area contributed by atoms with Crippen molar-refractivity contribution in [2.45, 2.75) is 32.5 Å². The van der Waals surface area contributed by atoms with Gasteiger partial charge in [-0.25, -0.2) is 4.58 Å². The Morgan fingerprint density at radius 2 is 1.26 bits per heavy atom. The summed E-state index contributed by atoms with van der Waals surface area (Å²) in [4.78, 5) is 0. The summed E-state index contributed by atoms with van der Waals surface area (Å²) in [6.45, 7) is 1.89. The molecule has 0 fully saturated rings. The molecule has 0 amide bonds. The number of hydrogen-bond acceptors (Lipinski definition) is 5. The molecule has 1 aliphatic rings. The summed E-state index contributed by atoms with van der Waals surface area (Å²) in [5.41, 5.74) is 7.10. The van der Waals surface area contributed by atoms with Crippen LogP contribution in [0, 0.1) is 0 Å². The molecule has 0 atom stereocenters. The lowest BCUT2D eigenvalue weighted by atomic mass is 9.99. The number of halogens is 1. The lowest BCUT2D eigenvalue weighted by Crippen LogP contribution is -3.00. The van der Waals surface area contributed by atoms with Crippen LogP contribution in [0.25, 0.3) is 0 Å². The first kappa shape index (κ1) is 30.8. The molecule has 0 radical (unpaired) electrons. The van der Waals surface area contributed by atoms with Gasteiger partial charge in [0, 0.05) is 18.4 Å².